The van der Waals surface area contributed by atoms with Crippen molar-refractivity contribution in [2.24, 2.45) is 0 Å². The quantitative estimate of drug-likeness (QED) is 0.620. The third-order valence-corrected chi connectivity index (χ3v) is 6.99. The smallest absolute Gasteiger partial charge is 0.254 e. The van der Waals surface area contributed by atoms with Gasteiger partial charge in [0.15, 0.2) is 0 Å². The zero-order valence-corrected chi connectivity index (χ0v) is 18.1. The predicted molar refractivity (Wildman–Crippen MR) is 122 cm³/mol. The molecule has 2 aliphatic rings. The molecule has 32 heavy (non-hydrogen) atoms. The number of carbonyl (C=O) groups excluding carboxylic acids is 2. The second-order valence-corrected chi connectivity index (χ2v) is 8.83. The molecule has 2 amide bonds. The lowest BCUT2D eigenvalue weighted by atomic mass is 9.71. The van der Waals surface area contributed by atoms with Crippen molar-refractivity contribution in [2.75, 3.05) is 6.54 Å². The first-order valence-electron chi connectivity index (χ1n) is 11.4. The van der Waals surface area contributed by atoms with Gasteiger partial charge in [-0.05, 0) is 42.2 Å². The number of fused-ring (bicyclic) bond motifs is 1. The fourth-order valence-electron chi connectivity index (χ4n) is 5.53. The molecule has 1 aliphatic heterocycles. The van der Waals surface area contributed by atoms with Gasteiger partial charge in [-0.1, -0.05) is 61.4 Å². The molecule has 0 bridgehead atoms. The summed E-state index contributed by atoms with van der Waals surface area (Å²) in [5.74, 6) is 0.507. The van der Waals surface area contributed by atoms with E-state index in [0.717, 1.165) is 42.6 Å². The number of hydrogen-bond acceptors (Lipinski definition) is 3. The summed E-state index contributed by atoms with van der Waals surface area (Å²) in [7, 11) is 0. The van der Waals surface area contributed by atoms with E-state index in [1.807, 2.05) is 59.5 Å². The van der Waals surface area contributed by atoms with E-state index in [4.69, 9.17) is 4.42 Å². The Labute approximate surface area is 188 Å². The molecule has 3 aromatic rings. The molecule has 2 aromatic carbocycles. The molecule has 2 heterocycles. The molecular weight excluding hydrogens is 400 g/mol. The fourth-order valence-corrected chi connectivity index (χ4v) is 5.53. The van der Waals surface area contributed by atoms with Crippen molar-refractivity contribution in [2.45, 2.75) is 50.1 Å². The molecule has 1 fully saturated rings. The van der Waals surface area contributed by atoms with Gasteiger partial charge in [0, 0.05) is 25.1 Å². The van der Waals surface area contributed by atoms with Crippen molar-refractivity contribution < 1.29 is 14.0 Å². The van der Waals surface area contributed by atoms with Gasteiger partial charge in [-0.3, -0.25) is 9.59 Å². The molecule has 1 aromatic heterocycles. The summed E-state index contributed by atoms with van der Waals surface area (Å²) < 4.78 is 5.40. The van der Waals surface area contributed by atoms with E-state index in [-0.39, 0.29) is 17.7 Å². The van der Waals surface area contributed by atoms with Crippen molar-refractivity contribution in [3.05, 3.63) is 95.4 Å². The third kappa shape index (κ3) is 3.62. The number of nitrogens with one attached hydrogen (secondary N) is 1. The first-order chi connectivity index (χ1) is 15.7. The molecule has 1 saturated carbocycles. The zero-order chi connectivity index (χ0) is 22.0. The number of benzene rings is 2. The van der Waals surface area contributed by atoms with Crippen molar-refractivity contribution in [1.82, 2.24) is 10.2 Å². The van der Waals surface area contributed by atoms with Crippen molar-refractivity contribution in [3.8, 4) is 0 Å². The van der Waals surface area contributed by atoms with Crippen LogP contribution >= 0.6 is 0 Å². The highest BCUT2D eigenvalue weighted by Gasteiger charge is 2.55. The first kappa shape index (κ1) is 20.6. The lowest BCUT2D eigenvalue weighted by Gasteiger charge is -2.50. The Bertz CT molecular complexity index is 1090. The molecule has 1 aliphatic carbocycles. The van der Waals surface area contributed by atoms with Crippen LogP contribution in [0.15, 0.2) is 77.4 Å². The topological polar surface area (TPSA) is 62.6 Å². The average Bonchev–Trinajstić information content (AvgIpc) is 3.51. The fraction of sp³-hybridized carbons (Fsp3) is 0.333. The number of hydrogen-bond donors (Lipinski definition) is 1. The van der Waals surface area contributed by atoms with Crippen LogP contribution < -0.4 is 5.32 Å². The molecule has 1 N–H and O–H groups in total. The van der Waals surface area contributed by atoms with Gasteiger partial charge in [0.25, 0.3) is 5.91 Å². The Morgan fingerprint density at radius 1 is 1.00 bits per heavy atom. The molecule has 5 nitrogen and oxygen atoms in total. The van der Waals surface area contributed by atoms with Crippen LogP contribution in [0.5, 0.6) is 0 Å². The highest BCUT2D eigenvalue weighted by Crippen LogP contribution is 2.50. The summed E-state index contributed by atoms with van der Waals surface area (Å²) in [6, 6.07) is 21.5. The second kappa shape index (κ2) is 8.65. The Morgan fingerprint density at radius 2 is 1.75 bits per heavy atom. The minimum atomic E-state index is -0.490. The average molecular weight is 429 g/mol. The molecule has 164 valence electrons. The van der Waals surface area contributed by atoms with E-state index in [0.29, 0.717) is 25.1 Å². The van der Waals surface area contributed by atoms with Crippen molar-refractivity contribution >= 4 is 11.8 Å². The summed E-state index contributed by atoms with van der Waals surface area (Å²) in [6.07, 6.45) is 6.03. The molecule has 1 atom stereocenters. The van der Waals surface area contributed by atoms with Gasteiger partial charge < -0.3 is 14.6 Å². The minimum Gasteiger partial charge on any atom is -0.469 e. The van der Waals surface area contributed by atoms with Gasteiger partial charge in [-0.15, -0.1) is 0 Å². The summed E-state index contributed by atoms with van der Waals surface area (Å²) in [5.41, 5.74) is 2.10. The SMILES string of the molecule is O=C(NCCc1ccco1)C1c2ccccc2C(=O)N(Cc2ccccc2)C12CCCC2. The lowest BCUT2D eigenvalue weighted by Crippen LogP contribution is -2.60. The zero-order valence-electron chi connectivity index (χ0n) is 18.1. The van der Waals surface area contributed by atoms with Gasteiger partial charge >= 0.3 is 0 Å². The van der Waals surface area contributed by atoms with Crippen LogP contribution in [0.1, 0.15) is 58.8 Å². The second-order valence-electron chi connectivity index (χ2n) is 8.83. The number of rotatable bonds is 6. The number of amides is 2. The summed E-state index contributed by atoms with van der Waals surface area (Å²) in [4.78, 5) is 29.4. The van der Waals surface area contributed by atoms with E-state index in [2.05, 4.69) is 17.4 Å². The van der Waals surface area contributed by atoms with E-state index < -0.39 is 5.54 Å². The standard InChI is InChI=1S/C27H28N2O3/c30-25(28-17-14-21-11-8-18-32-21)24-22-12-4-5-13-23(22)26(31)29(27(24)15-6-7-16-27)19-20-9-2-1-3-10-20/h1-5,8-13,18,24H,6-7,14-17,19H2,(H,28,30). The van der Waals surface area contributed by atoms with Crippen LogP contribution in [-0.4, -0.2) is 28.8 Å². The van der Waals surface area contributed by atoms with Crippen molar-refractivity contribution in [3.63, 3.8) is 0 Å². The Kier molecular flexibility index (Phi) is 5.56. The highest BCUT2D eigenvalue weighted by molar-refractivity contribution is 6.02. The number of furan rings is 1. The monoisotopic (exact) mass is 428 g/mol. The summed E-state index contributed by atoms with van der Waals surface area (Å²) in [6.45, 7) is 1.03. The highest BCUT2D eigenvalue weighted by atomic mass is 16.3. The maximum atomic E-state index is 13.7. The van der Waals surface area contributed by atoms with E-state index in [9.17, 15) is 9.59 Å². The molecule has 0 saturated heterocycles. The molecular formula is C27H28N2O3. The van der Waals surface area contributed by atoms with Gasteiger partial charge in [-0.25, -0.2) is 0 Å². The predicted octanol–water partition coefficient (Wildman–Crippen LogP) is 4.69. The normalized spacial score (nSPS) is 19.2. The Morgan fingerprint density at radius 3 is 2.50 bits per heavy atom. The molecule has 5 rings (SSSR count). The maximum absolute atomic E-state index is 13.7. The van der Waals surface area contributed by atoms with Crippen LogP contribution in [-0.2, 0) is 17.8 Å². The van der Waals surface area contributed by atoms with Crippen LogP contribution in [0.4, 0.5) is 0 Å². The molecule has 5 heteroatoms. The Hall–Kier alpha value is -3.34. The Balaban J connectivity index is 1.50. The largest absolute Gasteiger partial charge is 0.469 e. The van der Waals surface area contributed by atoms with Crippen LogP contribution in [0, 0.1) is 0 Å². The lowest BCUT2D eigenvalue weighted by molar-refractivity contribution is -0.126. The van der Waals surface area contributed by atoms with Gasteiger partial charge in [-0.2, -0.15) is 0 Å². The van der Waals surface area contributed by atoms with Gasteiger partial charge in [0.1, 0.15) is 5.76 Å². The van der Waals surface area contributed by atoms with E-state index in [1.165, 1.54) is 0 Å². The van der Waals surface area contributed by atoms with Crippen LogP contribution in [0.2, 0.25) is 0 Å². The first-order valence-corrected chi connectivity index (χ1v) is 11.4. The van der Waals surface area contributed by atoms with Crippen molar-refractivity contribution in [1.29, 1.82) is 0 Å². The van der Waals surface area contributed by atoms with E-state index >= 15 is 0 Å². The molecule has 1 unspecified atom stereocenters. The summed E-state index contributed by atoms with van der Waals surface area (Å²) >= 11 is 0. The van der Waals surface area contributed by atoms with Gasteiger partial charge in [0.05, 0.1) is 17.7 Å². The minimum absolute atomic E-state index is 0.00327. The van der Waals surface area contributed by atoms with Crippen LogP contribution in [0.25, 0.3) is 0 Å². The van der Waals surface area contributed by atoms with Crippen LogP contribution in [0.3, 0.4) is 0 Å². The summed E-state index contributed by atoms with van der Waals surface area (Å²) in [5, 5.41) is 3.15. The van der Waals surface area contributed by atoms with E-state index in [1.54, 1.807) is 6.26 Å². The molecule has 1 spiro atoms. The maximum Gasteiger partial charge on any atom is 0.254 e. The number of nitrogens with zero attached hydrogens (tertiary/aromatic N) is 1. The van der Waals surface area contributed by atoms with Gasteiger partial charge in [0.2, 0.25) is 5.91 Å². The molecule has 0 radical (unpaired) electrons. The third-order valence-electron chi connectivity index (χ3n) is 6.99. The number of carbonyl (C=O) groups is 2.